The van der Waals surface area contributed by atoms with E-state index in [-0.39, 0.29) is 5.84 Å². The highest BCUT2D eigenvalue weighted by Gasteiger charge is 2.16. The first-order chi connectivity index (χ1) is 9.51. The van der Waals surface area contributed by atoms with E-state index in [0.717, 1.165) is 37.4 Å². The Morgan fingerprint density at radius 2 is 2.10 bits per heavy atom. The molecule has 0 unspecified atom stereocenters. The zero-order valence-electron chi connectivity index (χ0n) is 12.8. The van der Waals surface area contributed by atoms with Gasteiger partial charge in [0.25, 0.3) is 0 Å². The molecule has 0 saturated carbocycles. The van der Waals surface area contributed by atoms with Crippen molar-refractivity contribution < 1.29 is 5.21 Å². The van der Waals surface area contributed by atoms with Crippen LogP contribution in [0.15, 0.2) is 17.4 Å². The zero-order chi connectivity index (χ0) is 15.1. The molecule has 0 bridgehead atoms. The number of amidine groups is 1. The van der Waals surface area contributed by atoms with Crippen molar-refractivity contribution in [3.63, 3.8) is 0 Å². The first kappa shape index (κ1) is 16.2. The molecular formula is C14H25N5O. The summed E-state index contributed by atoms with van der Waals surface area (Å²) in [6, 6.07) is 1.87. The number of rotatable bonds is 7. The van der Waals surface area contributed by atoms with Gasteiger partial charge >= 0.3 is 0 Å². The second-order valence-corrected chi connectivity index (χ2v) is 5.05. The van der Waals surface area contributed by atoms with Crippen LogP contribution in [0.5, 0.6) is 0 Å². The Labute approximate surface area is 120 Å². The normalized spacial score (nSPS) is 11.9. The van der Waals surface area contributed by atoms with E-state index in [1.807, 2.05) is 13.0 Å². The molecule has 3 N–H and O–H groups in total. The molecule has 0 fully saturated rings. The molecule has 0 radical (unpaired) electrons. The minimum absolute atomic E-state index is 0.108. The van der Waals surface area contributed by atoms with Crippen LogP contribution in [0, 0.1) is 6.92 Å². The number of oxime groups is 1. The van der Waals surface area contributed by atoms with Gasteiger partial charge in [-0.2, -0.15) is 0 Å². The quantitative estimate of drug-likeness (QED) is 0.340. The average molecular weight is 279 g/mol. The maximum Gasteiger partial charge on any atom is 0.174 e. The molecule has 1 aromatic rings. The van der Waals surface area contributed by atoms with Crippen LogP contribution in [0.2, 0.25) is 0 Å². The SMILES string of the molecule is CCN(CCCN(C)C)c1nccc(C)c1/C(N)=N/O. The van der Waals surface area contributed by atoms with Crippen molar-refractivity contribution in [2.24, 2.45) is 10.9 Å². The molecule has 0 aliphatic heterocycles. The largest absolute Gasteiger partial charge is 0.409 e. The second-order valence-electron chi connectivity index (χ2n) is 5.05. The van der Waals surface area contributed by atoms with Gasteiger partial charge in [0.15, 0.2) is 5.84 Å². The Balaban J connectivity index is 3.00. The van der Waals surface area contributed by atoms with Gasteiger partial charge in [0.1, 0.15) is 5.82 Å². The third kappa shape index (κ3) is 4.09. The van der Waals surface area contributed by atoms with Gasteiger partial charge < -0.3 is 20.7 Å². The topological polar surface area (TPSA) is 78.0 Å². The molecule has 1 heterocycles. The Hall–Kier alpha value is -1.82. The van der Waals surface area contributed by atoms with E-state index in [4.69, 9.17) is 10.9 Å². The summed E-state index contributed by atoms with van der Waals surface area (Å²) in [7, 11) is 4.12. The molecule has 0 atom stereocenters. The highest BCUT2D eigenvalue weighted by atomic mass is 16.4. The molecule has 1 rings (SSSR count). The van der Waals surface area contributed by atoms with E-state index in [0.29, 0.717) is 5.56 Å². The highest BCUT2D eigenvalue weighted by molar-refractivity contribution is 6.02. The monoisotopic (exact) mass is 279 g/mol. The molecule has 0 aliphatic carbocycles. The molecule has 0 aliphatic rings. The summed E-state index contributed by atoms with van der Waals surface area (Å²) in [4.78, 5) is 8.73. The Kier molecular flexibility index (Phi) is 6.24. The lowest BCUT2D eigenvalue weighted by Gasteiger charge is -2.25. The summed E-state index contributed by atoms with van der Waals surface area (Å²) in [5.74, 6) is 0.887. The van der Waals surface area contributed by atoms with E-state index < -0.39 is 0 Å². The van der Waals surface area contributed by atoms with Gasteiger partial charge in [0, 0.05) is 19.3 Å². The third-order valence-electron chi connectivity index (χ3n) is 3.22. The maximum absolute atomic E-state index is 8.95. The number of hydrogen-bond donors (Lipinski definition) is 2. The van der Waals surface area contributed by atoms with E-state index in [2.05, 4.69) is 41.0 Å². The van der Waals surface area contributed by atoms with Crippen LogP contribution < -0.4 is 10.6 Å². The second kappa shape index (κ2) is 7.69. The summed E-state index contributed by atoms with van der Waals surface area (Å²) >= 11 is 0. The fraction of sp³-hybridized carbons (Fsp3) is 0.571. The maximum atomic E-state index is 8.95. The summed E-state index contributed by atoms with van der Waals surface area (Å²) in [5, 5.41) is 12.1. The van der Waals surface area contributed by atoms with Crippen LogP contribution in [0.4, 0.5) is 5.82 Å². The van der Waals surface area contributed by atoms with Gasteiger partial charge in [-0.05, 0) is 52.5 Å². The summed E-state index contributed by atoms with van der Waals surface area (Å²) in [6.07, 6.45) is 2.79. The van der Waals surface area contributed by atoms with Crippen LogP contribution in [0.25, 0.3) is 0 Å². The van der Waals surface area contributed by atoms with E-state index in [1.165, 1.54) is 0 Å². The highest BCUT2D eigenvalue weighted by Crippen LogP contribution is 2.21. The van der Waals surface area contributed by atoms with Crippen molar-refractivity contribution in [1.82, 2.24) is 9.88 Å². The fourth-order valence-corrected chi connectivity index (χ4v) is 2.14. The average Bonchev–Trinajstić information content (AvgIpc) is 2.42. The van der Waals surface area contributed by atoms with Gasteiger partial charge in [-0.3, -0.25) is 0 Å². The van der Waals surface area contributed by atoms with Gasteiger partial charge in [0.2, 0.25) is 0 Å². The van der Waals surface area contributed by atoms with Crippen LogP contribution in [-0.2, 0) is 0 Å². The molecule has 0 saturated heterocycles. The standard InChI is InChI=1S/C14H25N5O/c1-5-19(10-6-9-18(3)4)14-12(13(15)17-20)11(2)7-8-16-14/h7-8,20H,5-6,9-10H2,1-4H3,(H2,15,17). The van der Waals surface area contributed by atoms with Crippen molar-refractivity contribution >= 4 is 11.7 Å². The van der Waals surface area contributed by atoms with Gasteiger partial charge in [-0.15, -0.1) is 0 Å². The van der Waals surface area contributed by atoms with Crippen molar-refractivity contribution in [2.45, 2.75) is 20.3 Å². The lowest BCUT2D eigenvalue weighted by molar-refractivity contribution is 0.318. The van der Waals surface area contributed by atoms with Crippen molar-refractivity contribution in [2.75, 3.05) is 38.6 Å². The molecule has 20 heavy (non-hydrogen) atoms. The summed E-state index contributed by atoms with van der Waals surface area (Å²) < 4.78 is 0. The number of pyridine rings is 1. The van der Waals surface area contributed by atoms with Crippen LogP contribution in [0.1, 0.15) is 24.5 Å². The number of hydrogen-bond acceptors (Lipinski definition) is 5. The van der Waals surface area contributed by atoms with Crippen LogP contribution in [0.3, 0.4) is 0 Å². The fourth-order valence-electron chi connectivity index (χ4n) is 2.14. The minimum Gasteiger partial charge on any atom is -0.409 e. The van der Waals surface area contributed by atoms with Crippen molar-refractivity contribution in [1.29, 1.82) is 0 Å². The Morgan fingerprint density at radius 3 is 2.65 bits per heavy atom. The first-order valence-corrected chi connectivity index (χ1v) is 6.84. The predicted molar refractivity (Wildman–Crippen MR) is 82.5 cm³/mol. The Morgan fingerprint density at radius 1 is 1.40 bits per heavy atom. The molecule has 0 aromatic carbocycles. The number of aromatic nitrogens is 1. The van der Waals surface area contributed by atoms with Gasteiger partial charge in [-0.1, -0.05) is 5.16 Å². The number of anilines is 1. The molecule has 6 heteroatoms. The van der Waals surface area contributed by atoms with Crippen molar-refractivity contribution in [3.8, 4) is 0 Å². The number of nitrogens with two attached hydrogens (primary N) is 1. The molecular weight excluding hydrogens is 254 g/mol. The summed E-state index contributed by atoms with van der Waals surface area (Å²) in [6.45, 7) is 6.75. The van der Waals surface area contributed by atoms with E-state index >= 15 is 0 Å². The van der Waals surface area contributed by atoms with Gasteiger partial charge in [0.05, 0.1) is 5.56 Å². The number of aryl methyl sites for hydroxylation is 1. The number of nitrogens with zero attached hydrogens (tertiary/aromatic N) is 4. The van der Waals surface area contributed by atoms with E-state index in [9.17, 15) is 0 Å². The lowest BCUT2D eigenvalue weighted by atomic mass is 10.1. The molecule has 6 nitrogen and oxygen atoms in total. The van der Waals surface area contributed by atoms with Gasteiger partial charge in [-0.25, -0.2) is 4.98 Å². The molecule has 0 amide bonds. The molecule has 1 aromatic heterocycles. The molecule has 0 spiro atoms. The van der Waals surface area contributed by atoms with Crippen LogP contribution in [-0.4, -0.2) is 54.7 Å². The predicted octanol–water partition coefficient (Wildman–Crippen LogP) is 1.26. The third-order valence-corrected chi connectivity index (χ3v) is 3.22. The first-order valence-electron chi connectivity index (χ1n) is 6.84. The Bertz CT molecular complexity index is 459. The molecule has 112 valence electrons. The van der Waals surface area contributed by atoms with Crippen molar-refractivity contribution in [3.05, 3.63) is 23.4 Å². The minimum atomic E-state index is 0.108. The lowest BCUT2D eigenvalue weighted by Crippen LogP contribution is -2.30. The van der Waals surface area contributed by atoms with Crippen LogP contribution >= 0.6 is 0 Å². The zero-order valence-corrected chi connectivity index (χ0v) is 12.8. The summed E-state index contributed by atoms with van der Waals surface area (Å²) in [5.41, 5.74) is 7.46. The smallest absolute Gasteiger partial charge is 0.174 e. The van der Waals surface area contributed by atoms with E-state index in [1.54, 1.807) is 6.20 Å².